The highest BCUT2D eigenvalue weighted by Gasteiger charge is 2.45. The maximum absolute atomic E-state index is 11.7. The van der Waals surface area contributed by atoms with Gasteiger partial charge in [-0.25, -0.2) is 4.79 Å². The molecule has 22 heavy (non-hydrogen) atoms. The van der Waals surface area contributed by atoms with Crippen molar-refractivity contribution in [1.29, 1.82) is 0 Å². The minimum Gasteiger partial charge on any atom is -0.441 e. The molecule has 2 rings (SSSR count). The Kier molecular flexibility index (Phi) is 4.97. The molecule has 1 amide bonds. The van der Waals surface area contributed by atoms with E-state index in [1.165, 1.54) is 0 Å². The number of rotatable bonds is 5. The lowest BCUT2D eigenvalue weighted by molar-refractivity contribution is -0.163. The van der Waals surface area contributed by atoms with E-state index in [1.807, 2.05) is 0 Å². The lowest BCUT2D eigenvalue weighted by atomic mass is 9.81. The summed E-state index contributed by atoms with van der Waals surface area (Å²) in [4.78, 5) is 11.7. The second-order valence-corrected chi connectivity index (χ2v) is 5.51. The molecule has 0 aromatic heterocycles. The number of carbonyl (C=O) groups is 1. The van der Waals surface area contributed by atoms with E-state index in [2.05, 4.69) is 21.5 Å². The molecular formula is C13H19N3O6. The first-order valence-electron chi connectivity index (χ1n) is 6.89. The average Bonchev–Trinajstić information content (AvgIpc) is 3.26. The summed E-state index contributed by atoms with van der Waals surface area (Å²) in [5, 5.41) is 48.5. The molecule has 9 heteroatoms. The zero-order valence-electron chi connectivity index (χ0n) is 11.8. The summed E-state index contributed by atoms with van der Waals surface area (Å²) in [6, 6.07) is 0. The molecule has 0 saturated heterocycles. The number of hydrogen-bond acceptors (Lipinski definition) is 8. The van der Waals surface area contributed by atoms with E-state index in [9.17, 15) is 20.1 Å². The first kappa shape index (κ1) is 16.6. The second-order valence-electron chi connectivity index (χ2n) is 5.51. The minimum absolute atomic E-state index is 0.0123. The number of terminal acetylenes is 1. The van der Waals surface area contributed by atoms with Gasteiger partial charge >= 0.3 is 6.09 Å². The lowest BCUT2D eigenvalue weighted by Crippen LogP contribution is -2.56. The summed E-state index contributed by atoms with van der Waals surface area (Å²) in [5.74, 6) is 1.72. The van der Waals surface area contributed by atoms with Crippen LogP contribution in [0.15, 0.2) is 10.2 Å². The van der Waals surface area contributed by atoms with Crippen molar-refractivity contribution in [2.24, 2.45) is 16.1 Å². The van der Waals surface area contributed by atoms with E-state index >= 15 is 0 Å². The fourth-order valence-corrected chi connectivity index (χ4v) is 2.43. The average molecular weight is 313 g/mol. The van der Waals surface area contributed by atoms with Crippen molar-refractivity contribution in [1.82, 2.24) is 5.32 Å². The minimum atomic E-state index is -1.48. The maximum atomic E-state index is 11.7. The van der Waals surface area contributed by atoms with Crippen molar-refractivity contribution in [3.05, 3.63) is 0 Å². The zero-order chi connectivity index (χ0) is 16.3. The van der Waals surface area contributed by atoms with Crippen LogP contribution in [0, 0.1) is 18.3 Å². The molecule has 0 aromatic rings. The van der Waals surface area contributed by atoms with Crippen LogP contribution in [0.3, 0.4) is 0 Å². The molecule has 1 fully saturated rings. The summed E-state index contributed by atoms with van der Waals surface area (Å²) in [6.07, 6.45) is -0.698. The van der Waals surface area contributed by atoms with Gasteiger partial charge in [0.2, 0.25) is 5.66 Å². The van der Waals surface area contributed by atoms with Gasteiger partial charge in [-0.15, -0.1) is 12.3 Å². The number of aliphatic hydroxyl groups is 4. The molecule has 1 saturated carbocycles. The predicted octanol–water partition coefficient (Wildman–Crippen LogP) is -1.64. The molecule has 9 nitrogen and oxygen atoms in total. The molecule has 0 aromatic carbocycles. The van der Waals surface area contributed by atoms with Gasteiger partial charge in [-0.1, -0.05) is 0 Å². The standard InChI is InChI=1S/C13H19N3O6/c1-2-3-13(15-16-13)6-14-12(21)22-11-8(18)4-7(5-17)9(19)10(11)20/h1,7-11,17-20H,3-6H2,(H,14,21)/t7?,8-,9-,10+,11?/m1/s1. The van der Waals surface area contributed by atoms with Gasteiger partial charge in [0.05, 0.1) is 25.2 Å². The Bertz CT molecular complexity index is 485. The Morgan fingerprint density at radius 1 is 1.36 bits per heavy atom. The Labute approximate surface area is 127 Å². The van der Waals surface area contributed by atoms with Crippen LogP contribution in [-0.2, 0) is 4.74 Å². The molecule has 0 radical (unpaired) electrons. The van der Waals surface area contributed by atoms with Crippen LogP contribution in [0.4, 0.5) is 4.79 Å². The van der Waals surface area contributed by atoms with E-state index in [1.54, 1.807) is 0 Å². The highest BCUT2D eigenvalue weighted by atomic mass is 16.6. The number of nitrogens with zero attached hydrogens (tertiary/aromatic N) is 2. The van der Waals surface area contributed by atoms with Crippen molar-refractivity contribution < 1.29 is 30.0 Å². The number of alkyl carbamates (subject to hydrolysis) is 1. The van der Waals surface area contributed by atoms with Crippen LogP contribution in [0.25, 0.3) is 0 Å². The van der Waals surface area contributed by atoms with Gasteiger partial charge in [0, 0.05) is 12.5 Å². The topological polar surface area (TPSA) is 144 Å². The first-order valence-corrected chi connectivity index (χ1v) is 6.89. The smallest absolute Gasteiger partial charge is 0.407 e. The van der Waals surface area contributed by atoms with Crippen LogP contribution in [0.1, 0.15) is 12.8 Å². The molecule has 2 aliphatic rings. The molecule has 5 N–H and O–H groups in total. The van der Waals surface area contributed by atoms with Crippen LogP contribution >= 0.6 is 0 Å². The Hall–Kier alpha value is -1.73. The number of carbonyl (C=O) groups excluding carboxylic acids is 1. The van der Waals surface area contributed by atoms with Crippen LogP contribution in [0.2, 0.25) is 0 Å². The van der Waals surface area contributed by atoms with E-state index in [-0.39, 0.29) is 26.0 Å². The van der Waals surface area contributed by atoms with Gasteiger partial charge in [-0.3, -0.25) is 0 Å². The Balaban J connectivity index is 1.84. The van der Waals surface area contributed by atoms with E-state index in [4.69, 9.17) is 16.3 Å². The fraction of sp³-hybridized carbons (Fsp3) is 0.769. The molecule has 122 valence electrons. The molecule has 2 unspecified atom stereocenters. The number of hydrogen-bond donors (Lipinski definition) is 5. The summed E-state index contributed by atoms with van der Waals surface area (Å²) >= 11 is 0. The third-order valence-electron chi connectivity index (χ3n) is 3.85. The largest absolute Gasteiger partial charge is 0.441 e. The second kappa shape index (κ2) is 6.58. The van der Waals surface area contributed by atoms with E-state index in [0.29, 0.717) is 0 Å². The summed E-state index contributed by atoms with van der Waals surface area (Å²) < 4.78 is 4.95. The monoisotopic (exact) mass is 313 g/mol. The van der Waals surface area contributed by atoms with Gasteiger partial charge in [-0.05, 0) is 6.42 Å². The first-order chi connectivity index (χ1) is 10.4. The van der Waals surface area contributed by atoms with E-state index in [0.717, 1.165) is 0 Å². The van der Waals surface area contributed by atoms with E-state index < -0.39 is 42.1 Å². The van der Waals surface area contributed by atoms with Crippen molar-refractivity contribution >= 4 is 6.09 Å². The quantitative estimate of drug-likeness (QED) is 0.385. The zero-order valence-corrected chi connectivity index (χ0v) is 11.8. The lowest BCUT2D eigenvalue weighted by Gasteiger charge is -2.39. The van der Waals surface area contributed by atoms with Gasteiger partial charge < -0.3 is 30.5 Å². The van der Waals surface area contributed by atoms with Crippen LogP contribution in [-0.4, -0.2) is 69.7 Å². The number of ether oxygens (including phenoxy) is 1. The number of amides is 1. The number of aliphatic hydroxyl groups excluding tert-OH is 4. The fourth-order valence-electron chi connectivity index (χ4n) is 2.43. The van der Waals surface area contributed by atoms with Gasteiger partial charge in [0.15, 0.2) is 6.10 Å². The normalized spacial score (nSPS) is 35.5. The van der Waals surface area contributed by atoms with Crippen molar-refractivity contribution in [3.8, 4) is 12.3 Å². The van der Waals surface area contributed by atoms with Crippen molar-refractivity contribution in [2.75, 3.05) is 13.2 Å². The predicted molar refractivity (Wildman–Crippen MR) is 72.5 cm³/mol. The third kappa shape index (κ3) is 3.53. The molecule has 5 atom stereocenters. The summed E-state index contributed by atoms with van der Waals surface area (Å²) in [5.41, 5.74) is -0.806. The van der Waals surface area contributed by atoms with Crippen LogP contribution in [0.5, 0.6) is 0 Å². The third-order valence-corrected chi connectivity index (χ3v) is 3.85. The SMILES string of the molecule is C#CCC1(CNC(=O)OC2[C@H](O)CC(CO)[C@@H](O)[C@@H]2O)N=N1. The van der Waals surface area contributed by atoms with Crippen molar-refractivity contribution in [2.45, 2.75) is 42.9 Å². The molecule has 0 bridgehead atoms. The molecule has 1 aliphatic carbocycles. The Morgan fingerprint density at radius 2 is 2.05 bits per heavy atom. The van der Waals surface area contributed by atoms with Crippen molar-refractivity contribution in [3.63, 3.8) is 0 Å². The molecule has 1 heterocycles. The molecular weight excluding hydrogens is 294 g/mol. The molecule has 1 aliphatic heterocycles. The number of nitrogens with one attached hydrogen (secondary N) is 1. The highest BCUT2D eigenvalue weighted by Crippen LogP contribution is 2.31. The van der Waals surface area contributed by atoms with Gasteiger partial charge in [0.1, 0.15) is 6.10 Å². The molecule has 0 spiro atoms. The maximum Gasteiger partial charge on any atom is 0.407 e. The summed E-state index contributed by atoms with van der Waals surface area (Å²) in [6.45, 7) is -0.331. The van der Waals surface area contributed by atoms with Gasteiger partial charge in [-0.2, -0.15) is 10.2 Å². The van der Waals surface area contributed by atoms with Gasteiger partial charge in [0.25, 0.3) is 0 Å². The van der Waals surface area contributed by atoms with Crippen LogP contribution < -0.4 is 5.32 Å². The summed E-state index contributed by atoms with van der Waals surface area (Å²) in [7, 11) is 0. The Morgan fingerprint density at radius 3 is 2.59 bits per heavy atom. The highest BCUT2D eigenvalue weighted by molar-refractivity contribution is 5.67.